The number of alkyl halides is 3. The molecule has 0 atom stereocenters. The van der Waals surface area contributed by atoms with Crippen molar-refractivity contribution in [3.63, 3.8) is 0 Å². The summed E-state index contributed by atoms with van der Waals surface area (Å²) >= 11 is 17.6. The van der Waals surface area contributed by atoms with Gasteiger partial charge in [-0.3, -0.25) is 4.79 Å². The van der Waals surface area contributed by atoms with Crippen LogP contribution in [0.4, 0.5) is 13.2 Å². The molecule has 0 amide bonds. The lowest BCUT2D eigenvalue weighted by atomic mass is 10.1. The molecule has 9 heteroatoms. The van der Waals surface area contributed by atoms with Gasteiger partial charge in [0, 0.05) is 5.56 Å². The number of benzene rings is 1. The molecule has 122 valence electrons. The molecule has 23 heavy (non-hydrogen) atoms. The lowest BCUT2D eigenvalue weighted by Crippen LogP contribution is -2.11. The van der Waals surface area contributed by atoms with E-state index in [0.29, 0.717) is 6.07 Å². The third kappa shape index (κ3) is 4.28. The second kappa shape index (κ2) is 6.55. The number of rotatable bonds is 3. The third-order valence-corrected chi connectivity index (χ3v) is 3.85. The van der Waals surface area contributed by atoms with Crippen LogP contribution in [0.15, 0.2) is 24.3 Å². The number of aliphatic carboxylic acids is 1. The normalized spacial score (nSPS) is 11.6. The number of aromatic nitrogens is 1. The number of carboxylic acids is 1. The molecule has 3 nitrogen and oxygen atoms in total. The second-order valence-electron chi connectivity index (χ2n) is 4.56. The molecular weight excluding hydrogens is 378 g/mol. The average Bonchev–Trinajstić information content (AvgIpc) is 2.40. The molecule has 1 aromatic carbocycles. The van der Waals surface area contributed by atoms with Gasteiger partial charge >= 0.3 is 12.1 Å². The highest BCUT2D eigenvalue weighted by atomic mass is 35.5. The van der Waals surface area contributed by atoms with Gasteiger partial charge in [0.25, 0.3) is 0 Å². The molecule has 1 N–H and O–H groups in total. The summed E-state index contributed by atoms with van der Waals surface area (Å²) in [7, 11) is 0. The van der Waals surface area contributed by atoms with Crippen LogP contribution >= 0.6 is 34.8 Å². The maximum Gasteiger partial charge on any atom is 0.433 e. The van der Waals surface area contributed by atoms with Gasteiger partial charge in [0.2, 0.25) is 0 Å². The molecule has 0 aliphatic carbocycles. The summed E-state index contributed by atoms with van der Waals surface area (Å²) in [5.74, 6) is -1.27. The quantitative estimate of drug-likeness (QED) is 0.725. The van der Waals surface area contributed by atoms with E-state index in [2.05, 4.69) is 4.98 Å². The molecule has 2 aromatic rings. The Hall–Kier alpha value is -1.50. The van der Waals surface area contributed by atoms with E-state index in [4.69, 9.17) is 39.9 Å². The minimum atomic E-state index is -4.73. The molecule has 0 spiro atoms. The summed E-state index contributed by atoms with van der Waals surface area (Å²) in [6.07, 6.45) is -5.32. The molecule has 0 radical (unpaired) electrons. The van der Waals surface area contributed by atoms with Crippen molar-refractivity contribution in [3.8, 4) is 11.3 Å². The fourth-order valence-corrected chi connectivity index (χ4v) is 2.51. The van der Waals surface area contributed by atoms with E-state index < -0.39 is 24.3 Å². The van der Waals surface area contributed by atoms with Crippen molar-refractivity contribution in [3.05, 3.63) is 50.6 Å². The Morgan fingerprint density at radius 2 is 1.65 bits per heavy atom. The number of hydrogen-bond donors (Lipinski definition) is 1. The van der Waals surface area contributed by atoms with E-state index in [9.17, 15) is 18.0 Å². The van der Waals surface area contributed by atoms with Crippen molar-refractivity contribution >= 4 is 40.8 Å². The lowest BCUT2D eigenvalue weighted by molar-refractivity contribution is -0.141. The maximum atomic E-state index is 13.0. The molecule has 0 aliphatic rings. The van der Waals surface area contributed by atoms with Gasteiger partial charge in [0.05, 0.1) is 27.2 Å². The van der Waals surface area contributed by atoms with Crippen LogP contribution in [0.3, 0.4) is 0 Å². The SMILES string of the molecule is O=C(O)Cc1cc(-c2cc(Cl)c(Cl)cc2Cl)nc(C(F)(F)F)c1. The maximum absolute atomic E-state index is 13.0. The molecule has 0 fully saturated rings. The lowest BCUT2D eigenvalue weighted by Gasteiger charge is -2.12. The highest BCUT2D eigenvalue weighted by molar-refractivity contribution is 6.44. The minimum absolute atomic E-state index is 0.0486. The van der Waals surface area contributed by atoms with Gasteiger partial charge in [-0.15, -0.1) is 0 Å². The smallest absolute Gasteiger partial charge is 0.433 e. The summed E-state index contributed by atoms with van der Waals surface area (Å²) in [6.45, 7) is 0. The Morgan fingerprint density at radius 3 is 2.22 bits per heavy atom. The highest BCUT2D eigenvalue weighted by Gasteiger charge is 2.33. The van der Waals surface area contributed by atoms with Crippen LogP contribution in [-0.4, -0.2) is 16.1 Å². The van der Waals surface area contributed by atoms with Crippen LogP contribution in [0.25, 0.3) is 11.3 Å². The zero-order valence-corrected chi connectivity index (χ0v) is 13.4. The Balaban J connectivity index is 2.66. The summed E-state index contributed by atoms with van der Waals surface area (Å²) in [4.78, 5) is 14.3. The number of halogens is 6. The van der Waals surface area contributed by atoms with Gasteiger partial charge in [0.1, 0.15) is 5.69 Å². The molecule has 0 unspecified atom stereocenters. The predicted octanol–water partition coefficient (Wildman–Crippen LogP) is 5.35. The van der Waals surface area contributed by atoms with Gasteiger partial charge in [-0.25, -0.2) is 4.98 Å². The van der Waals surface area contributed by atoms with Gasteiger partial charge < -0.3 is 5.11 Å². The molecule has 2 rings (SSSR count). The summed E-state index contributed by atoms with van der Waals surface area (Å²) in [5, 5.41) is 9.06. The molecule has 0 saturated carbocycles. The molecule has 0 bridgehead atoms. The van der Waals surface area contributed by atoms with E-state index >= 15 is 0 Å². The topological polar surface area (TPSA) is 50.2 Å². The van der Waals surface area contributed by atoms with Crippen LogP contribution in [0.1, 0.15) is 11.3 Å². The highest BCUT2D eigenvalue weighted by Crippen LogP contribution is 2.37. The first-order valence-corrected chi connectivity index (χ1v) is 7.16. The standard InChI is InChI=1S/C14H7Cl3F3NO2/c15-8-5-10(17)9(16)4-7(8)11-1-6(3-13(22)23)2-12(21-11)14(18,19)20/h1-2,4-5H,3H2,(H,22,23). The van der Waals surface area contributed by atoms with Crippen LogP contribution in [0.2, 0.25) is 15.1 Å². The largest absolute Gasteiger partial charge is 0.481 e. The van der Waals surface area contributed by atoms with E-state index in [1.54, 1.807) is 0 Å². The van der Waals surface area contributed by atoms with Crippen molar-refractivity contribution in [2.24, 2.45) is 0 Å². The van der Waals surface area contributed by atoms with E-state index in [1.165, 1.54) is 18.2 Å². The minimum Gasteiger partial charge on any atom is -0.481 e. The fourth-order valence-electron chi connectivity index (χ4n) is 1.87. The zero-order valence-electron chi connectivity index (χ0n) is 11.1. The van der Waals surface area contributed by atoms with Gasteiger partial charge in [-0.1, -0.05) is 34.8 Å². The first kappa shape index (κ1) is 17.8. The van der Waals surface area contributed by atoms with E-state index in [1.807, 2.05) is 0 Å². The Kier molecular flexibility index (Phi) is 5.08. The van der Waals surface area contributed by atoms with Crippen molar-refractivity contribution < 1.29 is 23.1 Å². The fraction of sp³-hybridized carbons (Fsp3) is 0.143. The first-order chi connectivity index (χ1) is 10.6. The molecule has 1 heterocycles. The molecule has 0 aliphatic heterocycles. The number of carboxylic acid groups (broad SMARTS) is 1. The van der Waals surface area contributed by atoms with Gasteiger partial charge in [-0.2, -0.15) is 13.2 Å². The summed E-state index contributed by atoms with van der Waals surface area (Å²) < 4.78 is 38.9. The van der Waals surface area contributed by atoms with Crippen LogP contribution in [0.5, 0.6) is 0 Å². The zero-order chi connectivity index (χ0) is 17.4. The third-order valence-electron chi connectivity index (χ3n) is 2.82. The van der Waals surface area contributed by atoms with Gasteiger partial charge in [0.15, 0.2) is 0 Å². The molecule has 0 saturated heterocycles. The van der Waals surface area contributed by atoms with Crippen LogP contribution in [0, 0.1) is 0 Å². The van der Waals surface area contributed by atoms with Crippen LogP contribution < -0.4 is 0 Å². The number of nitrogens with zero attached hydrogens (tertiary/aromatic N) is 1. The second-order valence-corrected chi connectivity index (χ2v) is 5.78. The first-order valence-electron chi connectivity index (χ1n) is 6.03. The van der Waals surface area contributed by atoms with Gasteiger partial charge in [-0.05, 0) is 29.8 Å². The Morgan fingerprint density at radius 1 is 1.04 bits per heavy atom. The number of carbonyl (C=O) groups is 1. The van der Waals surface area contributed by atoms with Crippen molar-refractivity contribution in [1.29, 1.82) is 0 Å². The molecular formula is C14H7Cl3F3NO2. The van der Waals surface area contributed by atoms with Crippen molar-refractivity contribution in [2.75, 3.05) is 0 Å². The van der Waals surface area contributed by atoms with E-state index in [-0.39, 0.29) is 31.9 Å². The number of pyridine rings is 1. The summed E-state index contributed by atoms with van der Waals surface area (Å²) in [5.41, 5.74) is -1.29. The van der Waals surface area contributed by atoms with E-state index in [0.717, 1.165) is 0 Å². The average molecular weight is 385 g/mol. The van der Waals surface area contributed by atoms with Crippen molar-refractivity contribution in [2.45, 2.75) is 12.6 Å². The van der Waals surface area contributed by atoms with Crippen LogP contribution in [-0.2, 0) is 17.4 Å². The number of hydrogen-bond acceptors (Lipinski definition) is 2. The van der Waals surface area contributed by atoms with Crippen molar-refractivity contribution in [1.82, 2.24) is 4.98 Å². The summed E-state index contributed by atoms with van der Waals surface area (Å²) in [6, 6.07) is 4.46. The Labute approximate surface area is 143 Å². The Bertz CT molecular complexity index is 779. The predicted molar refractivity (Wildman–Crippen MR) is 81.0 cm³/mol. The molecule has 1 aromatic heterocycles. The monoisotopic (exact) mass is 383 g/mol.